The molecule has 0 aliphatic heterocycles. The molecule has 0 aliphatic rings. The van der Waals surface area contributed by atoms with Gasteiger partial charge in [-0.2, -0.15) is 0 Å². The van der Waals surface area contributed by atoms with Gasteiger partial charge in [0.2, 0.25) is 0 Å². The molecule has 16 heavy (non-hydrogen) atoms. The highest BCUT2D eigenvalue weighted by molar-refractivity contribution is 6.30. The average molecular weight is 229 g/mol. The van der Waals surface area contributed by atoms with Crippen LogP contribution in [0.1, 0.15) is 0 Å². The van der Waals surface area contributed by atoms with E-state index in [0.717, 1.165) is 16.9 Å². The maximum atomic E-state index is 5.92. The predicted molar refractivity (Wildman–Crippen MR) is 65.6 cm³/mol. The maximum Gasteiger partial charge on any atom is 0.138 e. The van der Waals surface area contributed by atoms with E-state index in [1.165, 1.54) is 0 Å². The largest absolute Gasteiger partial charge is 0.306 e. The number of nitrogens with zero attached hydrogens (tertiary/aromatic N) is 2. The van der Waals surface area contributed by atoms with Gasteiger partial charge in [0.05, 0.1) is 5.69 Å². The van der Waals surface area contributed by atoms with Crippen molar-refractivity contribution < 1.29 is 0 Å². The number of fused-ring (bicyclic) bond motifs is 1. The predicted octanol–water partition coefficient (Wildman–Crippen LogP) is 3.65. The Morgan fingerprint density at radius 3 is 2.69 bits per heavy atom. The van der Waals surface area contributed by atoms with Gasteiger partial charge >= 0.3 is 0 Å². The van der Waals surface area contributed by atoms with Gasteiger partial charge in [0.1, 0.15) is 5.65 Å². The number of benzene rings is 1. The Kier molecular flexibility index (Phi) is 2.15. The minimum atomic E-state index is 0.706. The van der Waals surface area contributed by atoms with Crippen LogP contribution in [-0.2, 0) is 0 Å². The van der Waals surface area contributed by atoms with Gasteiger partial charge in [-0.1, -0.05) is 41.9 Å². The Labute approximate surface area is 98.1 Å². The molecule has 2 nitrogen and oxygen atoms in total. The van der Waals surface area contributed by atoms with Crippen molar-refractivity contribution in [1.29, 1.82) is 0 Å². The fourth-order valence-corrected chi connectivity index (χ4v) is 1.86. The molecule has 0 bridgehead atoms. The van der Waals surface area contributed by atoms with E-state index in [2.05, 4.69) is 4.98 Å². The fourth-order valence-electron chi connectivity index (χ4n) is 1.71. The normalized spacial score (nSPS) is 10.8. The number of imidazole rings is 1. The Balaban J connectivity index is 2.19. The van der Waals surface area contributed by atoms with Crippen molar-refractivity contribution in [2.75, 3.05) is 0 Å². The topological polar surface area (TPSA) is 17.3 Å². The van der Waals surface area contributed by atoms with E-state index in [4.69, 9.17) is 11.6 Å². The SMILES string of the molecule is Clc1ccn2cc(-c3ccccc3)nc2c1. The molecule has 2 heterocycles. The van der Waals surface area contributed by atoms with E-state index >= 15 is 0 Å². The summed E-state index contributed by atoms with van der Waals surface area (Å²) < 4.78 is 1.97. The van der Waals surface area contributed by atoms with Crippen molar-refractivity contribution in [3.63, 3.8) is 0 Å². The summed E-state index contributed by atoms with van der Waals surface area (Å²) in [6.45, 7) is 0. The van der Waals surface area contributed by atoms with Crippen LogP contribution in [0.15, 0.2) is 54.9 Å². The van der Waals surface area contributed by atoms with Crippen molar-refractivity contribution in [3.05, 3.63) is 59.9 Å². The van der Waals surface area contributed by atoms with Crippen LogP contribution in [0, 0.1) is 0 Å². The molecule has 1 aromatic carbocycles. The summed E-state index contributed by atoms with van der Waals surface area (Å²) in [5, 5.41) is 0.706. The lowest BCUT2D eigenvalue weighted by molar-refractivity contribution is 1.19. The second-order valence-corrected chi connectivity index (χ2v) is 4.04. The minimum Gasteiger partial charge on any atom is -0.306 e. The number of aromatic nitrogens is 2. The maximum absolute atomic E-state index is 5.92. The van der Waals surface area contributed by atoms with Gasteiger partial charge in [-0.05, 0) is 6.07 Å². The second-order valence-electron chi connectivity index (χ2n) is 3.60. The molecule has 0 aliphatic carbocycles. The molecule has 0 saturated heterocycles. The van der Waals surface area contributed by atoms with Crippen LogP contribution in [0.4, 0.5) is 0 Å². The average Bonchev–Trinajstić information content (AvgIpc) is 2.73. The molecule has 0 amide bonds. The fraction of sp³-hybridized carbons (Fsp3) is 0. The van der Waals surface area contributed by atoms with E-state index in [-0.39, 0.29) is 0 Å². The summed E-state index contributed by atoms with van der Waals surface area (Å²) in [6, 6.07) is 13.8. The van der Waals surface area contributed by atoms with Crippen LogP contribution in [-0.4, -0.2) is 9.38 Å². The monoisotopic (exact) mass is 228 g/mol. The number of hydrogen-bond acceptors (Lipinski definition) is 1. The molecular weight excluding hydrogens is 220 g/mol. The Bertz CT molecular complexity index is 629. The van der Waals surface area contributed by atoms with Gasteiger partial charge in [0.25, 0.3) is 0 Å². The smallest absolute Gasteiger partial charge is 0.138 e. The summed E-state index contributed by atoms with van der Waals surface area (Å²) in [6.07, 6.45) is 3.91. The quantitative estimate of drug-likeness (QED) is 0.621. The first kappa shape index (κ1) is 9.43. The molecule has 2 aromatic heterocycles. The summed E-state index contributed by atoms with van der Waals surface area (Å²) in [7, 11) is 0. The highest BCUT2D eigenvalue weighted by Crippen LogP contribution is 2.20. The van der Waals surface area contributed by atoms with E-state index in [1.807, 2.05) is 59.3 Å². The molecule has 0 saturated carbocycles. The van der Waals surface area contributed by atoms with Crippen LogP contribution >= 0.6 is 11.6 Å². The van der Waals surface area contributed by atoms with Crippen LogP contribution in [0.25, 0.3) is 16.9 Å². The van der Waals surface area contributed by atoms with Crippen LogP contribution < -0.4 is 0 Å². The van der Waals surface area contributed by atoms with Crippen LogP contribution in [0.2, 0.25) is 5.02 Å². The Morgan fingerprint density at radius 1 is 1.06 bits per heavy atom. The first-order valence-corrected chi connectivity index (χ1v) is 5.40. The zero-order chi connectivity index (χ0) is 11.0. The van der Waals surface area contributed by atoms with E-state index in [0.29, 0.717) is 5.02 Å². The minimum absolute atomic E-state index is 0.706. The molecule has 3 aromatic rings. The molecule has 78 valence electrons. The molecule has 0 atom stereocenters. The lowest BCUT2D eigenvalue weighted by Crippen LogP contribution is -1.79. The van der Waals surface area contributed by atoms with Gasteiger partial charge in [0.15, 0.2) is 0 Å². The van der Waals surface area contributed by atoms with Gasteiger partial charge in [-0.3, -0.25) is 0 Å². The number of halogens is 1. The molecule has 0 fully saturated rings. The van der Waals surface area contributed by atoms with E-state index < -0.39 is 0 Å². The number of rotatable bonds is 1. The highest BCUT2D eigenvalue weighted by Gasteiger charge is 2.03. The van der Waals surface area contributed by atoms with Crippen molar-refractivity contribution in [2.24, 2.45) is 0 Å². The third-order valence-electron chi connectivity index (χ3n) is 2.49. The van der Waals surface area contributed by atoms with Gasteiger partial charge in [-0.15, -0.1) is 0 Å². The van der Waals surface area contributed by atoms with Crippen molar-refractivity contribution in [1.82, 2.24) is 9.38 Å². The number of pyridine rings is 1. The summed E-state index contributed by atoms with van der Waals surface area (Å²) in [4.78, 5) is 4.52. The molecule has 0 N–H and O–H groups in total. The zero-order valence-electron chi connectivity index (χ0n) is 8.47. The molecular formula is C13H9ClN2. The Hall–Kier alpha value is -1.80. The third kappa shape index (κ3) is 1.57. The second kappa shape index (κ2) is 3.65. The zero-order valence-corrected chi connectivity index (χ0v) is 9.22. The van der Waals surface area contributed by atoms with E-state index in [1.54, 1.807) is 0 Å². The van der Waals surface area contributed by atoms with Crippen molar-refractivity contribution in [2.45, 2.75) is 0 Å². The molecule has 3 rings (SSSR count). The standard InChI is InChI=1S/C13H9ClN2/c14-11-6-7-16-9-12(15-13(16)8-11)10-4-2-1-3-5-10/h1-9H. The lowest BCUT2D eigenvalue weighted by Gasteiger charge is -1.92. The van der Waals surface area contributed by atoms with E-state index in [9.17, 15) is 0 Å². The highest BCUT2D eigenvalue weighted by atomic mass is 35.5. The summed E-state index contributed by atoms with van der Waals surface area (Å²) >= 11 is 5.92. The molecule has 0 unspecified atom stereocenters. The first-order chi connectivity index (χ1) is 7.83. The molecule has 3 heteroatoms. The number of hydrogen-bond donors (Lipinski definition) is 0. The van der Waals surface area contributed by atoms with Crippen LogP contribution in [0.5, 0.6) is 0 Å². The Morgan fingerprint density at radius 2 is 1.88 bits per heavy atom. The molecule has 0 radical (unpaired) electrons. The van der Waals surface area contributed by atoms with Crippen molar-refractivity contribution >= 4 is 17.2 Å². The lowest BCUT2D eigenvalue weighted by atomic mass is 10.2. The van der Waals surface area contributed by atoms with Crippen molar-refractivity contribution in [3.8, 4) is 11.3 Å². The van der Waals surface area contributed by atoms with Gasteiger partial charge < -0.3 is 4.40 Å². The van der Waals surface area contributed by atoms with Crippen LogP contribution in [0.3, 0.4) is 0 Å². The van der Waals surface area contributed by atoms with Gasteiger partial charge in [0, 0.05) is 29.0 Å². The van der Waals surface area contributed by atoms with Gasteiger partial charge in [-0.25, -0.2) is 4.98 Å². The third-order valence-corrected chi connectivity index (χ3v) is 2.73. The summed E-state index contributed by atoms with van der Waals surface area (Å²) in [5.41, 5.74) is 2.94. The first-order valence-electron chi connectivity index (χ1n) is 5.02. The summed E-state index contributed by atoms with van der Waals surface area (Å²) in [5.74, 6) is 0. The molecule has 0 spiro atoms.